The minimum absolute atomic E-state index is 0.0550. The monoisotopic (exact) mass is 232 g/mol. The Morgan fingerprint density at radius 1 is 1.29 bits per heavy atom. The normalized spacial score (nSPS) is 14.2. The third kappa shape index (κ3) is 2.84. The maximum Gasteiger partial charge on any atom is 0.253 e. The smallest absolute Gasteiger partial charge is 0.253 e. The number of amides is 2. The molecule has 2 amide bonds. The molecule has 1 N–H and O–H groups in total. The molecule has 0 spiro atoms. The summed E-state index contributed by atoms with van der Waals surface area (Å²) in [6.07, 6.45) is 1.95. The third-order valence-corrected chi connectivity index (χ3v) is 2.73. The van der Waals surface area contributed by atoms with Gasteiger partial charge in [-0.3, -0.25) is 9.59 Å². The predicted molar refractivity (Wildman–Crippen MR) is 65.8 cm³/mol. The zero-order valence-electron chi connectivity index (χ0n) is 10.1. The van der Waals surface area contributed by atoms with Crippen molar-refractivity contribution in [2.24, 2.45) is 5.92 Å². The number of hydrogen-bond acceptors (Lipinski definition) is 2. The Morgan fingerprint density at radius 2 is 2.00 bits per heavy atom. The van der Waals surface area contributed by atoms with Gasteiger partial charge in [0.25, 0.3) is 5.91 Å². The van der Waals surface area contributed by atoms with Gasteiger partial charge in [0.1, 0.15) is 0 Å². The van der Waals surface area contributed by atoms with Crippen LogP contribution in [0.3, 0.4) is 0 Å². The highest BCUT2D eigenvalue weighted by atomic mass is 16.2. The minimum atomic E-state index is -0.0625. The highest BCUT2D eigenvalue weighted by Gasteiger charge is 2.29. The van der Waals surface area contributed by atoms with Crippen LogP contribution in [0.1, 0.15) is 23.2 Å². The highest BCUT2D eigenvalue weighted by molar-refractivity contribution is 5.98. The number of benzene rings is 1. The topological polar surface area (TPSA) is 49.4 Å². The zero-order valence-corrected chi connectivity index (χ0v) is 10.1. The molecular weight excluding hydrogens is 216 g/mol. The molecule has 0 saturated heterocycles. The fourth-order valence-corrected chi connectivity index (χ4v) is 1.58. The van der Waals surface area contributed by atoms with Crippen LogP contribution in [0.5, 0.6) is 0 Å². The Labute approximate surface area is 101 Å². The molecule has 1 aromatic rings. The molecular formula is C13H16N2O2. The van der Waals surface area contributed by atoms with E-state index in [9.17, 15) is 9.59 Å². The summed E-state index contributed by atoms with van der Waals surface area (Å²) in [5, 5.41) is 2.83. The second kappa shape index (κ2) is 4.57. The molecule has 0 radical (unpaired) electrons. The van der Waals surface area contributed by atoms with Gasteiger partial charge in [-0.05, 0) is 31.0 Å². The van der Waals surface area contributed by atoms with Crippen molar-refractivity contribution in [1.29, 1.82) is 0 Å². The summed E-state index contributed by atoms with van der Waals surface area (Å²) in [6.45, 7) is 0. The molecule has 17 heavy (non-hydrogen) atoms. The highest BCUT2D eigenvalue weighted by Crippen LogP contribution is 2.30. The van der Waals surface area contributed by atoms with E-state index in [4.69, 9.17) is 0 Å². The first-order valence-corrected chi connectivity index (χ1v) is 5.70. The van der Waals surface area contributed by atoms with Gasteiger partial charge in [-0.25, -0.2) is 0 Å². The molecule has 0 bridgehead atoms. The molecule has 0 aromatic heterocycles. The quantitative estimate of drug-likeness (QED) is 0.863. The molecule has 0 atom stereocenters. The van der Waals surface area contributed by atoms with E-state index in [0.717, 1.165) is 12.8 Å². The summed E-state index contributed by atoms with van der Waals surface area (Å²) >= 11 is 0. The zero-order chi connectivity index (χ0) is 12.4. The van der Waals surface area contributed by atoms with E-state index < -0.39 is 0 Å². The SMILES string of the molecule is CN(C)C(=O)c1cccc(NC(=O)C2CC2)c1. The van der Waals surface area contributed by atoms with Gasteiger partial charge in [0.2, 0.25) is 5.91 Å². The molecule has 4 nitrogen and oxygen atoms in total. The van der Waals surface area contributed by atoms with Crippen molar-refractivity contribution in [3.63, 3.8) is 0 Å². The average molecular weight is 232 g/mol. The lowest BCUT2D eigenvalue weighted by atomic mass is 10.2. The lowest BCUT2D eigenvalue weighted by Crippen LogP contribution is -2.22. The first-order chi connectivity index (χ1) is 8.08. The van der Waals surface area contributed by atoms with Crippen molar-refractivity contribution in [3.05, 3.63) is 29.8 Å². The lowest BCUT2D eigenvalue weighted by Gasteiger charge is -2.11. The number of anilines is 1. The van der Waals surface area contributed by atoms with Crippen LogP contribution in [0.15, 0.2) is 24.3 Å². The van der Waals surface area contributed by atoms with Gasteiger partial charge >= 0.3 is 0 Å². The Bertz CT molecular complexity index is 450. The fraction of sp³-hybridized carbons (Fsp3) is 0.385. The van der Waals surface area contributed by atoms with Gasteiger partial charge in [-0.2, -0.15) is 0 Å². The minimum Gasteiger partial charge on any atom is -0.345 e. The van der Waals surface area contributed by atoms with E-state index in [2.05, 4.69) is 5.32 Å². The average Bonchev–Trinajstić information content (AvgIpc) is 3.12. The molecule has 1 aliphatic carbocycles. The number of carbonyl (C=O) groups is 2. The van der Waals surface area contributed by atoms with Gasteiger partial charge < -0.3 is 10.2 Å². The van der Waals surface area contributed by atoms with E-state index in [1.54, 1.807) is 38.4 Å². The molecule has 90 valence electrons. The molecule has 0 unspecified atom stereocenters. The predicted octanol–water partition coefficient (Wildman–Crippen LogP) is 1.74. The summed E-state index contributed by atoms with van der Waals surface area (Å²) in [4.78, 5) is 24.8. The second-order valence-corrected chi connectivity index (χ2v) is 4.54. The van der Waals surface area contributed by atoms with E-state index in [-0.39, 0.29) is 17.7 Å². The maximum absolute atomic E-state index is 11.7. The number of carbonyl (C=O) groups excluding carboxylic acids is 2. The molecule has 0 aliphatic heterocycles. The van der Waals surface area contributed by atoms with Crippen LogP contribution in [0.25, 0.3) is 0 Å². The largest absolute Gasteiger partial charge is 0.345 e. The van der Waals surface area contributed by atoms with Crippen molar-refractivity contribution in [2.45, 2.75) is 12.8 Å². The summed E-state index contributed by atoms with van der Waals surface area (Å²) in [5.41, 5.74) is 1.28. The molecule has 1 saturated carbocycles. The third-order valence-electron chi connectivity index (χ3n) is 2.73. The van der Waals surface area contributed by atoms with Gasteiger partial charge in [0.15, 0.2) is 0 Å². The van der Waals surface area contributed by atoms with Crippen LogP contribution in [0.2, 0.25) is 0 Å². The van der Waals surface area contributed by atoms with Crippen LogP contribution in [-0.2, 0) is 4.79 Å². The van der Waals surface area contributed by atoms with Crippen molar-refractivity contribution >= 4 is 17.5 Å². The van der Waals surface area contributed by atoms with Crippen LogP contribution >= 0.6 is 0 Å². The van der Waals surface area contributed by atoms with Crippen LogP contribution in [0, 0.1) is 5.92 Å². The molecule has 2 rings (SSSR count). The van der Waals surface area contributed by atoms with Gasteiger partial charge in [-0.15, -0.1) is 0 Å². The number of nitrogens with one attached hydrogen (secondary N) is 1. The van der Waals surface area contributed by atoms with E-state index in [0.29, 0.717) is 11.3 Å². The Balaban J connectivity index is 2.10. The van der Waals surface area contributed by atoms with Gasteiger partial charge in [-0.1, -0.05) is 6.07 Å². The first-order valence-electron chi connectivity index (χ1n) is 5.70. The van der Waals surface area contributed by atoms with E-state index in [1.807, 2.05) is 0 Å². The van der Waals surface area contributed by atoms with Crippen molar-refractivity contribution in [2.75, 3.05) is 19.4 Å². The fourth-order valence-electron chi connectivity index (χ4n) is 1.58. The van der Waals surface area contributed by atoms with Crippen molar-refractivity contribution < 1.29 is 9.59 Å². The molecule has 4 heteroatoms. The molecule has 0 heterocycles. The summed E-state index contributed by atoms with van der Waals surface area (Å²) in [6, 6.07) is 7.03. The summed E-state index contributed by atoms with van der Waals surface area (Å²) in [5.74, 6) is 0.162. The Kier molecular flexibility index (Phi) is 3.13. The molecule has 1 aliphatic rings. The van der Waals surface area contributed by atoms with Gasteiger partial charge in [0, 0.05) is 31.3 Å². The van der Waals surface area contributed by atoms with Crippen LogP contribution in [0.4, 0.5) is 5.69 Å². The maximum atomic E-state index is 11.7. The Morgan fingerprint density at radius 3 is 2.59 bits per heavy atom. The Hall–Kier alpha value is -1.84. The van der Waals surface area contributed by atoms with Crippen LogP contribution in [-0.4, -0.2) is 30.8 Å². The lowest BCUT2D eigenvalue weighted by molar-refractivity contribution is -0.117. The van der Waals surface area contributed by atoms with Gasteiger partial charge in [0.05, 0.1) is 0 Å². The van der Waals surface area contributed by atoms with Crippen LogP contribution < -0.4 is 5.32 Å². The molecule has 1 aromatic carbocycles. The summed E-state index contributed by atoms with van der Waals surface area (Å²) in [7, 11) is 3.41. The first kappa shape index (κ1) is 11.6. The summed E-state index contributed by atoms with van der Waals surface area (Å²) < 4.78 is 0. The molecule has 1 fully saturated rings. The van der Waals surface area contributed by atoms with Crippen molar-refractivity contribution in [3.8, 4) is 0 Å². The van der Waals surface area contributed by atoms with E-state index in [1.165, 1.54) is 4.90 Å². The second-order valence-electron chi connectivity index (χ2n) is 4.54. The standard InChI is InChI=1S/C13H16N2O2/c1-15(2)13(17)10-4-3-5-11(8-10)14-12(16)9-6-7-9/h3-5,8-9H,6-7H2,1-2H3,(H,14,16). The number of hydrogen-bond donors (Lipinski definition) is 1. The number of rotatable bonds is 3. The van der Waals surface area contributed by atoms with Crippen molar-refractivity contribution in [1.82, 2.24) is 4.90 Å². The van der Waals surface area contributed by atoms with E-state index >= 15 is 0 Å². The number of nitrogens with zero attached hydrogens (tertiary/aromatic N) is 1.